The summed E-state index contributed by atoms with van der Waals surface area (Å²) in [6.07, 6.45) is 0.460. The van der Waals surface area contributed by atoms with Gasteiger partial charge in [0.1, 0.15) is 11.4 Å². The Bertz CT molecular complexity index is 425. The van der Waals surface area contributed by atoms with Crippen LogP contribution in [-0.4, -0.2) is 37.1 Å². The highest BCUT2D eigenvalue weighted by atomic mass is 16.5. The maximum Gasteiger partial charge on any atom is 0.121 e. The van der Waals surface area contributed by atoms with E-state index in [1.807, 2.05) is 13.0 Å². The molecular formula is C13H20N2O3. The van der Waals surface area contributed by atoms with E-state index in [0.717, 1.165) is 11.4 Å². The number of hydrogen-bond acceptors (Lipinski definition) is 5. The topological polar surface area (TPSA) is 76.7 Å². The number of rotatable bonds is 4. The zero-order valence-electron chi connectivity index (χ0n) is 10.8. The van der Waals surface area contributed by atoms with Gasteiger partial charge in [0.15, 0.2) is 0 Å². The summed E-state index contributed by atoms with van der Waals surface area (Å²) in [5.41, 5.74) is 6.43. The van der Waals surface area contributed by atoms with Gasteiger partial charge in [-0.25, -0.2) is 0 Å². The van der Waals surface area contributed by atoms with Crippen molar-refractivity contribution in [3.05, 3.63) is 18.2 Å². The SMILES string of the molecule is COc1ccc(N)c(NCC2(O)CCOC2C)c1. The van der Waals surface area contributed by atoms with Gasteiger partial charge in [0.05, 0.1) is 24.6 Å². The fourth-order valence-corrected chi connectivity index (χ4v) is 2.07. The first-order valence-electron chi connectivity index (χ1n) is 6.06. The van der Waals surface area contributed by atoms with Crippen molar-refractivity contribution in [2.24, 2.45) is 0 Å². The van der Waals surface area contributed by atoms with Gasteiger partial charge in [-0.05, 0) is 19.1 Å². The number of hydrogen-bond donors (Lipinski definition) is 3. The molecular weight excluding hydrogens is 232 g/mol. The van der Waals surface area contributed by atoms with Crippen LogP contribution in [0.4, 0.5) is 11.4 Å². The summed E-state index contributed by atoms with van der Waals surface area (Å²) < 4.78 is 10.5. The minimum Gasteiger partial charge on any atom is -0.497 e. The number of aliphatic hydroxyl groups is 1. The predicted octanol–water partition coefficient (Wildman–Crippen LogP) is 1.23. The van der Waals surface area contributed by atoms with E-state index < -0.39 is 5.60 Å². The van der Waals surface area contributed by atoms with E-state index in [1.165, 1.54) is 0 Å². The lowest BCUT2D eigenvalue weighted by Crippen LogP contribution is -2.43. The molecule has 0 spiro atoms. The van der Waals surface area contributed by atoms with E-state index >= 15 is 0 Å². The highest BCUT2D eigenvalue weighted by molar-refractivity contribution is 5.68. The molecule has 1 aliphatic rings. The van der Waals surface area contributed by atoms with Crippen molar-refractivity contribution in [3.8, 4) is 5.75 Å². The summed E-state index contributed by atoms with van der Waals surface area (Å²) >= 11 is 0. The molecule has 100 valence electrons. The second-order valence-electron chi connectivity index (χ2n) is 4.67. The van der Waals surface area contributed by atoms with Gasteiger partial charge in [0.25, 0.3) is 0 Å². The Hall–Kier alpha value is -1.46. The maximum atomic E-state index is 10.4. The van der Waals surface area contributed by atoms with E-state index in [-0.39, 0.29) is 6.10 Å². The van der Waals surface area contributed by atoms with Crippen LogP contribution < -0.4 is 15.8 Å². The van der Waals surface area contributed by atoms with Crippen LogP contribution >= 0.6 is 0 Å². The molecule has 0 aromatic heterocycles. The largest absolute Gasteiger partial charge is 0.497 e. The first-order valence-corrected chi connectivity index (χ1v) is 6.06. The molecule has 1 fully saturated rings. The number of ether oxygens (including phenoxy) is 2. The van der Waals surface area contributed by atoms with Crippen LogP contribution in [-0.2, 0) is 4.74 Å². The molecule has 0 saturated carbocycles. The quantitative estimate of drug-likeness (QED) is 0.703. The van der Waals surface area contributed by atoms with Gasteiger partial charge in [-0.3, -0.25) is 0 Å². The zero-order valence-corrected chi connectivity index (χ0v) is 10.8. The van der Waals surface area contributed by atoms with Crippen molar-refractivity contribution in [2.75, 3.05) is 31.3 Å². The molecule has 18 heavy (non-hydrogen) atoms. The first kappa shape index (κ1) is 13.0. The molecule has 0 bridgehead atoms. The van der Waals surface area contributed by atoms with Crippen LogP contribution in [0.15, 0.2) is 18.2 Å². The third-order valence-corrected chi connectivity index (χ3v) is 3.50. The van der Waals surface area contributed by atoms with Crippen LogP contribution in [0.1, 0.15) is 13.3 Å². The Kier molecular flexibility index (Phi) is 3.63. The summed E-state index contributed by atoms with van der Waals surface area (Å²) in [7, 11) is 1.61. The lowest BCUT2D eigenvalue weighted by Gasteiger charge is -2.27. The molecule has 2 rings (SSSR count). The van der Waals surface area contributed by atoms with Gasteiger partial charge in [-0.15, -0.1) is 0 Å². The molecule has 1 saturated heterocycles. The van der Waals surface area contributed by atoms with Crippen molar-refractivity contribution in [1.82, 2.24) is 0 Å². The molecule has 4 N–H and O–H groups in total. The van der Waals surface area contributed by atoms with Crippen molar-refractivity contribution >= 4 is 11.4 Å². The molecule has 0 aliphatic carbocycles. The molecule has 0 radical (unpaired) electrons. The Labute approximate surface area is 107 Å². The zero-order chi connectivity index (χ0) is 13.2. The number of methoxy groups -OCH3 is 1. The molecule has 5 heteroatoms. The Morgan fingerprint density at radius 3 is 3.00 bits per heavy atom. The normalized spacial score (nSPS) is 27.2. The minimum atomic E-state index is -0.838. The Morgan fingerprint density at radius 1 is 1.61 bits per heavy atom. The first-order chi connectivity index (χ1) is 8.55. The fourth-order valence-electron chi connectivity index (χ4n) is 2.07. The predicted molar refractivity (Wildman–Crippen MR) is 70.9 cm³/mol. The number of nitrogens with two attached hydrogens (primary N) is 1. The number of nitrogen functional groups attached to an aromatic ring is 1. The second-order valence-corrected chi connectivity index (χ2v) is 4.67. The monoisotopic (exact) mass is 252 g/mol. The van der Waals surface area contributed by atoms with Crippen LogP contribution in [0.3, 0.4) is 0 Å². The smallest absolute Gasteiger partial charge is 0.121 e. The lowest BCUT2D eigenvalue weighted by molar-refractivity contribution is -0.0175. The summed E-state index contributed by atoms with van der Waals surface area (Å²) in [5, 5.41) is 13.5. The molecule has 2 unspecified atom stereocenters. The van der Waals surface area contributed by atoms with E-state index in [0.29, 0.717) is 25.3 Å². The Morgan fingerprint density at radius 2 is 2.39 bits per heavy atom. The summed E-state index contributed by atoms with van der Waals surface area (Å²) in [6.45, 7) is 2.88. The average Bonchev–Trinajstić information content (AvgIpc) is 2.69. The number of anilines is 2. The second kappa shape index (κ2) is 5.04. The third-order valence-electron chi connectivity index (χ3n) is 3.50. The maximum absolute atomic E-state index is 10.4. The highest BCUT2D eigenvalue weighted by Gasteiger charge is 2.39. The molecule has 1 heterocycles. The van der Waals surface area contributed by atoms with E-state index in [9.17, 15) is 5.11 Å². The van der Waals surface area contributed by atoms with Crippen molar-refractivity contribution in [3.63, 3.8) is 0 Å². The van der Waals surface area contributed by atoms with Crippen molar-refractivity contribution in [1.29, 1.82) is 0 Å². The third kappa shape index (κ3) is 2.52. The minimum absolute atomic E-state index is 0.170. The number of nitrogens with one attached hydrogen (secondary N) is 1. The van der Waals surface area contributed by atoms with Gasteiger partial charge >= 0.3 is 0 Å². The van der Waals surface area contributed by atoms with E-state index in [1.54, 1.807) is 19.2 Å². The van der Waals surface area contributed by atoms with E-state index in [4.69, 9.17) is 15.2 Å². The summed E-state index contributed by atoms with van der Waals surface area (Å²) in [6, 6.07) is 5.40. The van der Waals surface area contributed by atoms with Gasteiger partial charge in [0.2, 0.25) is 0 Å². The number of benzene rings is 1. The van der Waals surface area contributed by atoms with Gasteiger partial charge < -0.3 is 25.6 Å². The highest BCUT2D eigenvalue weighted by Crippen LogP contribution is 2.29. The summed E-state index contributed by atoms with van der Waals surface area (Å²) in [5.74, 6) is 0.731. The van der Waals surface area contributed by atoms with Gasteiger partial charge in [-0.1, -0.05) is 0 Å². The van der Waals surface area contributed by atoms with Crippen LogP contribution in [0.25, 0.3) is 0 Å². The molecule has 1 aliphatic heterocycles. The molecule has 5 nitrogen and oxygen atoms in total. The fraction of sp³-hybridized carbons (Fsp3) is 0.538. The molecule has 1 aromatic rings. The van der Waals surface area contributed by atoms with Gasteiger partial charge in [-0.2, -0.15) is 0 Å². The Balaban J connectivity index is 2.05. The molecule has 0 amide bonds. The average molecular weight is 252 g/mol. The van der Waals surface area contributed by atoms with Crippen LogP contribution in [0.5, 0.6) is 5.75 Å². The van der Waals surface area contributed by atoms with Crippen molar-refractivity contribution < 1.29 is 14.6 Å². The van der Waals surface area contributed by atoms with Crippen LogP contribution in [0, 0.1) is 0 Å². The van der Waals surface area contributed by atoms with Crippen molar-refractivity contribution in [2.45, 2.75) is 25.0 Å². The standard InChI is InChI=1S/C13H20N2O3/c1-9-13(16,5-6-18-9)8-15-12-7-10(17-2)3-4-11(12)14/h3-4,7,9,15-16H,5-6,8,14H2,1-2H3. The van der Waals surface area contributed by atoms with Crippen LogP contribution in [0.2, 0.25) is 0 Å². The van der Waals surface area contributed by atoms with Gasteiger partial charge in [0, 0.05) is 25.6 Å². The molecule has 1 aromatic carbocycles. The lowest BCUT2D eigenvalue weighted by atomic mass is 9.96. The van der Waals surface area contributed by atoms with E-state index in [2.05, 4.69) is 5.32 Å². The summed E-state index contributed by atoms with van der Waals surface area (Å²) in [4.78, 5) is 0. The molecule has 2 atom stereocenters.